The van der Waals surface area contributed by atoms with Crippen LogP contribution in [0.15, 0.2) is 29.4 Å². The number of nitrogens with zero attached hydrogens (tertiary/aromatic N) is 1. The molecule has 0 radical (unpaired) electrons. The number of hydrogen-bond acceptors (Lipinski definition) is 6. The predicted octanol–water partition coefficient (Wildman–Crippen LogP) is 2.03. The van der Waals surface area contributed by atoms with E-state index in [1.54, 1.807) is 32.9 Å². The minimum atomic E-state index is -3.68. The monoisotopic (exact) mass is 371 g/mol. The summed E-state index contributed by atoms with van der Waals surface area (Å²) in [6.07, 6.45) is 0. The third kappa shape index (κ3) is 5.84. The molecule has 0 amide bonds. The first kappa shape index (κ1) is 21.1. The number of esters is 1. The quantitative estimate of drug-likeness (QED) is 0.375. The van der Waals surface area contributed by atoms with E-state index < -0.39 is 16.0 Å². The van der Waals surface area contributed by atoms with Gasteiger partial charge in [-0.2, -0.15) is 4.31 Å². The lowest BCUT2D eigenvalue weighted by atomic mass is 10.1. The Balaban J connectivity index is 2.73. The van der Waals surface area contributed by atoms with Crippen molar-refractivity contribution in [2.45, 2.75) is 25.7 Å². The Bertz CT molecular complexity index is 719. The van der Waals surface area contributed by atoms with Gasteiger partial charge < -0.3 is 14.2 Å². The summed E-state index contributed by atoms with van der Waals surface area (Å²) in [5, 5.41) is 0. The minimum Gasteiger partial charge on any atom is -0.497 e. The molecule has 0 atom stereocenters. The summed E-state index contributed by atoms with van der Waals surface area (Å²) in [6.45, 7) is 8.36. The average molecular weight is 371 g/mol. The van der Waals surface area contributed by atoms with E-state index in [4.69, 9.17) is 14.2 Å². The van der Waals surface area contributed by atoms with Crippen molar-refractivity contribution >= 4 is 16.0 Å². The molecule has 1 rings (SSSR count). The van der Waals surface area contributed by atoms with E-state index >= 15 is 0 Å². The first-order chi connectivity index (χ1) is 11.6. The van der Waals surface area contributed by atoms with Crippen molar-refractivity contribution in [2.75, 3.05) is 33.9 Å². The van der Waals surface area contributed by atoms with Crippen molar-refractivity contribution in [2.24, 2.45) is 0 Å². The summed E-state index contributed by atoms with van der Waals surface area (Å²) in [6, 6.07) is 3.36. The summed E-state index contributed by atoms with van der Waals surface area (Å²) >= 11 is 0. The third-order valence-electron chi connectivity index (χ3n) is 3.40. The molecule has 0 aliphatic heterocycles. The van der Waals surface area contributed by atoms with Crippen LogP contribution >= 0.6 is 0 Å². The third-order valence-corrected chi connectivity index (χ3v) is 5.56. The van der Waals surface area contributed by atoms with Crippen LogP contribution in [0.5, 0.6) is 5.75 Å². The number of carbonyl (C=O) groups is 1. The molecule has 0 aromatic heterocycles. The zero-order valence-corrected chi connectivity index (χ0v) is 16.1. The molecule has 0 N–H and O–H groups in total. The Kier molecular flexibility index (Phi) is 7.60. The lowest BCUT2D eigenvalue weighted by Crippen LogP contribution is -2.31. The van der Waals surface area contributed by atoms with Crippen molar-refractivity contribution in [3.05, 3.63) is 35.6 Å². The SMILES string of the molecule is C=C(C)OC(=O)COCCN(C)S(=O)(=O)c1c(C)cc(OC)cc1C. The molecule has 25 heavy (non-hydrogen) atoms. The second-order valence-electron chi connectivity index (χ2n) is 5.65. The van der Waals surface area contributed by atoms with Crippen LogP contribution in [0.1, 0.15) is 18.1 Å². The van der Waals surface area contributed by atoms with Crippen LogP contribution in [0.2, 0.25) is 0 Å². The molecule has 0 saturated carbocycles. The molecule has 0 spiro atoms. The number of benzene rings is 1. The molecule has 0 heterocycles. The van der Waals surface area contributed by atoms with Crippen LogP contribution in [0, 0.1) is 13.8 Å². The summed E-state index contributed by atoms with van der Waals surface area (Å²) in [5.41, 5.74) is 1.21. The fourth-order valence-corrected chi connectivity index (χ4v) is 3.84. The van der Waals surface area contributed by atoms with Crippen molar-refractivity contribution in [3.63, 3.8) is 0 Å². The van der Waals surface area contributed by atoms with Crippen LogP contribution in [-0.2, 0) is 24.3 Å². The summed E-state index contributed by atoms with van der Waals surface area (Å²) < 4.78 is 41.8. The molecule has 140 valence electrons. The molecule has 0 unspecified atom stereocenters. The van der Waals surface area contributed by atoms with Crippen LogP contribution in [0.3, 0.4) is 0 Å². The van der Waals surface area contributed by atoms with Gasteiger partial charge in [0.1, 0.15) is 12.4 Å². The highest BCUT2D eigenvalue weighted by molar-refractivity contribution is 7.89. The average Bonchev–Trinajstić information content (AvgIpc) is 2.49. The van der Waals surface area contributed by atoms with E-state index in [9.17, 15) is 13.2 Å². The zero-order chi connectivity index (χ0) is 19.2. The van der Waals surface area contributed by atoms with Gasteiger partial charge in [0.2, 0.25) is 10.0 Å². The van der Waals surface area contributed by atoms with Gasteiger partial charge in [-0.1, -0.05) is 6.58 Å². The van der Waals surface area contributed by atoms with Gasteiger partial charge in [-0.25, -0.2) is 13.2 Å². The van der Waals surface area contributed by atoms with E-state index in [1.165, 1.54) is 18.5 Å². The minimum absolute atomic E-state index is 0.0648. The fraction of sp³-hybridized carbons (Fsp3) is 0.471. The van der Waals surface area contributed by atoms with Gasteiger partial charge in [0, 0.05) is 13.6 Å². The van der Waals surface area contributed by atoms with Crippen LogP contribution < -0.4 is 4.74 Å². The highest BCUT2D eigenvalue weighted by atomic mass is 32.2. The molecule has 1 aromatic carbocycles. The van der Waals surface area contributed by atoms with E-state index in [0.717, 1.165) is 0 Å². The summed E-state index contributed by atoms with van der Waals surface area (Å²) in [4.78, 5) is 11.6. The molecular formula is C17H25NO6S. The molecule has 0 aliphatic carbocycles. The summed E-state index contributed by atoms with van der Waals surface area (Å²) in [5.74, 6) is 0.314. The van der Waals surface area contributed by atoms with Crippen LogP contribution in [-0.4, -0.2) is 52.6 Å². The fourth-order valence-electron chi connectivity index (χ4n) is 2.28. The van der Waals surface area contributed by atoms with Crippen LogP contribution in [0.25, 0.3) is 0 Å². The lowest BCUT2D eigenvalue weighted by molar-refractivity contribution is -0.144. The molecule has 0 saturated heterocycles. The topological polar surface area (TPSA) is 82.1 Å². The van der Waals surface area contributed by atoms with E-state index in [2.05, 4.69) is 6.58 Å². The van der Waals surface area contributed by atoms with Gasteiger partial charge in [-0.3, -0.25) is 0 Å². The lowest BCUT2D eigenvalue weighted by Gasteiger charge is -2.20. The number of allylic oxidation sites excluding steroid dienone is 1. The van der Waals surface area contributed by atoms with Crippen molar-refractivity contribution in [1.82, 2.24) is 4.31 Å². The van der Waals surface area contributed by atoms with Gasteiger partial charge >= 0.3 is 5.97 Å². The van der Waals surface area contributed by atoms with Gasteiger partial charge in [0.05, 0.1) is 24.4 Å². The maximum absolute atomic E-state index is 12.8. The number of sulfonamides is 1. The normalized spacial score (nSPS) is 11.4. The zero-order valence-electron chi connectivity index (χ0n) is 15.3. The summed E-state index contributed by atoms with van der Waals surface area (Å²) in [7, 11) is -0.679. The second kappa shape index (κ2) is 8.98. The van der Waals surface area contributed by atoms with Gasteiger partial charge in [-0.05, 0) is 44.0 Å². The van der Waals surface area contributed by atoms with Crippen LogP contribution in [0.4, 0.5) is 0 Å². The number of methoxy groups -OCH3 is 1. The number of carbonyl (C=O) groups excluding carboxylic acids is 1. The Morgan fingerprint density at radius 2 is 1.80 bits per heavy atom. The highest BCUT2D eigenvalue weighted by Crippen LogP contribution is 2.27. The smallest absolute Gasteiger partial charge is 0.337 e. The predicted molar refractivity (Wildman–Crippen MR) is 94.0 cm³/mol. The standard InChI is InChI=1S/C17H25NO6S/c1-12(2)24-16(19)11-23-8-7-18(5)25(20,21)17-13(3)9-15(22-6)10-14(17)4/h9-10H,1,7-8,11H2,2-6H3. The maximum atomic E-state index is 12.8. The van der Waals surface area contributed by atoms with Crippen molar-refractivity contribution < 1.29 is 27.4 Å². The number of hydrogen-bond donors (Lipinski definition) is 0. The molecule has 0 fully saturated rings. The Morgan fingerprint density at radius 3 is 2.28 bits per heavy atom. The molecule has 8 heteroatoms. The second-order valence-corrected chi connectivity index (χ2v) is 7.63. The molecule has 0 bridgehead atoms. The van der Waals surface area contributed by atoms with Gasteiger partial charge in [-0.15, -0.1) is 0 Å². The molecular weight excluding hydrogens is 346 g/mol. The van der Waals surface area contributed by atoms with E-state index in [1.807, 2.05) is 0 Å². The Hall–Kier alpha value is -1.90. The first-order valence-electron chi connectivity index (χ1n) is 7.65. The Labute approximate surface area is 149 Å². The van der Waals surface area contributed by atoms with Crippen molar-refractivity contribution in [3.8, 4) is 5.75 Å². The maximum Gasteiger partial charge on any atom is 0.337 e. The number of aryl methyl sites for hydroxylation is 2. The number of likely N-dealkylation sites (N-methyl/N-ethyl adjacent to an activating group) is 1. The first-order valence-corrected chi connectivity index (χ1v) is 9.09. The molecule has 7 nitrogen and oxygen atoms in total. The molecule has 1 aromatic rings. The highest BCUT2D eigenvalue weighted by Gasteiger charge is 2.25. The van der Waals surface area contributed by atoms with E-state index in [0.29, 0.717) is 16.9 Å². The largest absolute Gasteiger partial charge is 0.497 e. The van der Waals surface area contributed by atoms with E-state index in [-0.39, 0.29) is 30.4 Å². The molecule has 0 aliphatic rings. The van der Waals surface area contributed by atoms with Gasteiger partial charge in [0.25, 0.3) is 0 Å². The van der Waals surface area contributed by atoms with Crippen molar-refractivity contribution in [1.29, 1.82) is 0 Å². The number of ether oxygens (including phenoxy) is 3. The Morgan fingerprint density at radius 1 is 1.24 bits per heavy atom. The number of rotatable bonds is 9. The van der Waals surface area contributed by atoms with Gasteiger partial charge in [0.15, 0.2) is 0 Å².